The molecule has 0 aromatic heterocycles. The first kappa shape index (κ1) is 33.5. The van der Waals surface area contributed by atoms with Crippen LogP contribution in [0.15, 0.2) is 4.99 Å². The summed E-state index contributed by atoms with van der Waals surface area (Å²) in [5, 5.41) is 24.7. The van der Waals surface area contributed by atoms with Gasteiger partial charge >= 0.3 is 11.9 Å². The highest BCUT2D eigenvalue weighted by Gasteiger charge is 2.31. The van der Waals surface area contributed by atoms with Gasteiger partial charge < -0.3 is 54.8 Å². The lowest BCUT2D eigenvalue weighted by Gasteiger charge is -2.25. The lowest BCUT2D eigenvalue weighted by atomic mass is 10.1. The number of carbonyl (C=O) groups is 7. The average molecular weight is 546 g/mol. The van der Waals surface area contributed by atoms with Crippen LogP contribution in [0.3, 0.4) is 0 Å². The molecular weight excluding hydrogens is 510 g/mol. The number of nitrogens with zero attached hydrogens (tertiary/aromatic N) is 1. The van der Waals surface area contributed by atoms with Gasteiger partial charge in [0, 0.05) is 19.4 Å². The monoisotopic (exact) mass is 545 g/mol. The van der Waals surface area contributed by atoms with Crippen molar-refractivity contribution < 1.29 is 43.8 Å². The highest BCUT2D eigenvalue weighted by atomic mass is 16.4. The van der Waals surface area contributed by atoms with E-state index >= 15 is 0 Å². The van der Waals surface area contributed by atoms with Gasteiger partial charge in [-0.3, -0.25) is 33.8 Å². The molecule has 0 rings (SSSR count). The molecule has 0 saturated carbocycles. The van der Waals surface area contributed by atoms with Gasteiger partial charge in [0.25, 0.3) is 0 Å². The summed E-state index contributed by atoms with van der Waals surface area (Å²) in [6, 6.07) is -5.78. The van der Waals surface area contributed by atoms with Gasteiger partial charge in [-0.05, 0) is 25.7 Å². The van der Waals surface area contributed by atoms with Gasteiger partial charge in [0.1, 0.15) is 18.1 Å². The maximum absolute atomic E-state index is 13.0. The molecule has 0 bridgehead atoms. The maximum Gasteiger partial charge on any atom is 0.326 e. The number of guanidine groups is 1. The van der Waals surface area contributed by atoms with Crippen molar-refractivity contribution in [1.82, 2.24) is 16.0 Å². The van der Waals surface area contributed by atoms with Gasteiger partial charge in [0.05, 0.1) is 12.5 Å². The molecule has 0 heterocycles. The smallest absolute Gasteiger partial charge is 0.326 e. The largest absolute Gasteiger partial charge is 0.481 e. The first-order chi connectivity index (χ1) is 17.6. The van der Waals surface area contributed by atoms with Gasteiger partial charge in [0.2, 0.25) is 29.5 Å². The molecule has 5 amide bonds. The number of rotatable bonds is 19. The highest BCUT2D eigenvalue weighted by Crippen LogP contribution is 2.06. The van der Waals surface area contributed by atoms with Crippen LogP contribution in [0.1, 0.15) is 44.9 Å². The van der Waals surface area contributed by atoms with Crippen molar-refractivity contribution >= 4 is 47.4 Å². The Balaban J connectivity index is 5.71. The molecule has 15 N–H and O–H groups in total. The normalized spacial score (nSPS) is 13.6. The molecule has 4 unspecified atom stereocenters. The fourth-order valence-electron chi connectivity index (χ4n) is 2.96. The summed E-state index contributed by atoms with van der Waals surface area (Å²) in [5.74, 6) is -7.63. The summed E-state index contributed by atoms with van der Waals surface area (Å²) < 4.78 is 0. The number of aliphatic imine (C=N–C) groups is 1. The Hall–Kier alpha value is -4.48. The Morgan fingerprint density at radius 2 is 1.21 bits per heavy atom. The third-order valence-electron chi connectivity index (χ3n) is 4.92. The molecule has 38 heavy (non-hydrogen) atoms. The number of hydrogen-bond acceptors (Lipinski definition) is 9. The highest BCUT2D eigenvalue weighted by molar-refractivity contribution is 5.95. The van der Waals surface area contributed by atoms with Crippen LogP contribution in [0.5, 0.6) is 0 Å². The molecule has 18 nitrogen and oxygen atoms in total. The van der Waals surface area contributed by atoms with Crippen LogP contribution in [-0.2, 0) is 33.6 Å². The SMILES string of the molecule is NC(=O)CCC(NC(=O)C(CCCN=C(N)N)NC(=O)C(N)CCC(=O)O)C(=O)NC(CC(N)=O)C(=O)O. The Labute approximate surface area is 217 Å². The average Bonchev–Trinajstić information content (AvgIpc) is 2.80. The van der Waals surface area contributed by atoms with Crippen molar-refractivity contribution in [2.45, 2.75) is 69.1 Å². The fourth-order valence-corrected chi connectivity index (χ4v) is 2.96. The third-order valence-corrected chi connectivity index (χ3v) is 4.92. The van der Waals surface area contributed by atoms with E-state index in [9.17, 15) is 38.7 Å². The van der Waals surface area contributed by atoms with E-state index < -0.39 is 78.5 Å². The van der Waals surface area contributed by atoms with Gasteiger partial charge in [0.15, 0.2) is 5.96 Å². The number of carboxylic acids is 2. The lowest BCUT2D eigenvalue weighted by Crippen LogP contribution is -2.57. The van der Waals surface area contributed by atoms with Crippen molar-refractivity contribution in [2.24, 2.45) is 33.7 Å². The molecular formula is C20H35N9O9. The van der Waals surface area contributed by atoms with Gasteiger partial charge in [-0.2, -0.15) is 0 Å². The number of aliphatic carboxylic acids is 2. The van der Waals surface area contributed by atoms with E-state index in [4.69, 9.17) is 33.8 Å². The summed E-state index contributed by atoms with van der Waals surface area (Å²) in [4.78, 5) is 86.4. The molecule has 0 aromatic carbocycles. The predicted molar refractivity (Wildman–Crippen MR) is 130 cm³/mol. The van der Waals surface area contributed by atoms with E-state index in [1.807, 2.05) is 0 Å². The first-order valence-electron chi connectivity index (χ1n) is 11.4. The second-order valence-corrected chi connectivity index (χ2v) is 8.18. The Morgan fingerprint density at radius 3 is 1.68 bits per heavy atom. The number of carboxylic acid groups (broad SMARTS) is 2. The number of nitrogens with two attached hydrogens (primary N) is 5. The second-order valence-electron chi connectivity index (χ2n) is 8.18. The molecule has 0 aromatic rings. The van der Waals surface area contributed by atoms with Crippen molar-refractivity contribution in [3.8, 4) is 0 Å². The number of hydrogen-bond donors (Lipinski definition) is 10. The minimum absolute atomic E-state index is 0.0520. The van der Waals surface area contributed by atoms with Crippen LogP contribution in [0.4, 0.5) is 0 Å². The topological polar surface area (TPSA) is 338 Å². The number of primary amides is 2. The molecule has 0 saturated heterocycles. The molecule has 18 heteroatoms. The zero-order chi connectivity index (χ0) is 29.4. The van der Waals surface area contributed by atoms with Crippen molar-refractivity contribution in [3.63, 3.8) is 0 Å². The van der Waals surface area contributed by atoms with Gasteiger partial charge in [-0.15, -0.1) is 0 Å². The molecule has 0 aliphatic rings. The standard InChI is InChI=1S/C20H35N9O9/c21-9(3-6-15(32)33)16(34)27-10(2-1-7-26-20(24)25)17(35)28-11(4-5-13(22)30)18(36)29-12(19(37)38)8-14(23)31/h9-12H,1-8,21H2,(H2,22,30)(H2,23,31)(H,27,34)(H,28,35)(H,29,36)(H,32,33)(H,37,38)(H4,24,25,26). The van der Waals surface area contributed by atoms with Crippen LogP contribution < -0.4 is 44.6 Å². The van der Waals surface area contributed by atoms with Crippen molar-refractivity contribution in [2.75, 3.05) is 6.54 Å². The van der Waals surface area contributed by atoms with Crippen LogP contribution in [0.2, 0.25) is 0 Å². The fraction of sp³-hybridized carbons (Fsp3) is 0.600. The molecule has 0 spiro atoms. The summed E-state index contributed by atoms with van der Waals surface area (Å²) in [6.07, 6.45) is -1.96. The van der Waals surface area contributed by atoms with Crippen LogP contribution in [0.25, 0.3) is 0 Å². The van der Waals surface area contributed by atoms with E-state index in [-0.39, 0.29) is 44.6 Å². The van der Waals surface area contributed by atoms with Crippen LogP contribution in [0, 0.1) is 0 Å². The zero-order valence-electron chi connectivity index (χ0n) is 20.6. The number of carbonyl (C=O) groups excluding carboxylic acids is 5. The Bertz CT molecular complexity index is 922. The van der Waals surface area contributed by atoms with Crippen molar-refractivity contribution in [3.05, 3.63) is 0 Å². The van der Waals surface area contributed by atoms with E-state index in [1.165, 1.54) is 0 Å². The lowest BCUT2D eigenvalue weighted by molar-refractivity contribution is -0.144. The maximum atomic E-state index is 13.0. The van der Waals surface area contributed by atoms with Gasteiger partial charge in [-0.25, -0.2) is 4.79 Å². The van der Waals surface area contributed by atoms with E-state index in [2.05, 4.69) is 20.9 Å². The van der Waals surface area contributed by atoms with E-state index in [1.54, 1.807) is 0 Å². The second kappa shape index (κ2) is 17.1. The summed E-state index contributed by atoms with van der Waals surface area (Å²) >= 11 is 0. The van der Waals surface area contributed by atoms with Crippen LogP contribution >= 0.6 is 0 Å². The van der Waals surface area contributed by atoms with E-state index in [0.717, 1.165) is 0 Å². The van der Waals surface area contributed by atoms with E-state index in [0.29, 0.717) is 0 Å². The minimum atomic E-state index is -1.71. The first-order valence-corrected chi connectivity index (χ1v) is 11.4. The molecule has 214 valence electrons. The predicted octanol–water partition coefficient (Wildman–Crippen LogP) is -5.09. The van der Waals surface area contributed by atoms with Crippen LogP contribution in [-0.4, -0.2) is 88.4 Å². The van der Waals surface area contributed by atoms with Gasteiger partial charge in [-0.1, -0.05) is 0 Å². The third kappa shape index (κ3) is 14.8. The summed E-state index contributed by atoms with van der Waals surface area (Å²) in [7, 11) is 0. The van der Waals surface area contributed by atoms with Crippen molar-refractivity contribution in [1.29, 1.82) is 0 Å². The zero-order valence-corrected chi connectivity index (χ0v) is 20.6. The molecule has 0 radical (unpaired) electrons. The Kier molecular flexibility index (Phi) is 15.0. The summed E-state index contributed by atoms with van der Waals surface area (Å²) in [5.41, 5.74) is 26.3. The molecule has 0 fully saturated rings. The number of nitrogens with one attached hydrogen (secondary N) is 3. The quantitative estimate of drug-likeness (QED) is 0.0414. The Morgan fingerprint density at radius 1 is 0.684 bits per heavy atom. The minimum Gasteiger partial charge on any atom is -0.481 e. The summed E-state index contributed by atoms with van der Waals surface area (Å²) in [6.45, 7) is 0.0754. The molecule has 4 atom stereocenters. The number of amides is 5. The molecule has 0 aliphatic carbocycles. The molecule has 0 aliphatic heterocycles.